The number of carbonyl (C=O) groups is 3. The van der Waals surface area contributed by atoms with Crippen molar-refractivity contribution in [1.29, 1.82) is 5.26 Å². The first-order valence-corrected chi connectivity index (χ1v) is 12.2. The first-order chi connectivity index (χ1) is 16.7. The van der Waals surface area contributed by atoms with Crippen molar-refractivity contribution in [2.45, 2.75) is 58.0 Å². The molecule has 0 bridgehead atoms. The smallest absolute Gasteiger partial charge is 0.268 e. The molecule has 186 valence electrons. The number of benzene rings is 1. The van der Waals surface area contributed by atoms with Crippen LogP contribution in [0.25, 0.3) is 10.9 Å². The fourth-order valence-electron chi connectivity index (χ4n) is 4.92. The minimum absolute atomic E-state index is 0.0791. The summed E-state index contributed by atoms with van der Waals surface area (Å²) >= 11 is 0. The summed E-state index contributed by atoms with van der Waals surface area (Å²) in [5, 5.41) is 18.9. The van der Waals surface area contributed by atoms with Gasteiger partial charge in [0.05, 0.1) is 13.2 Å². The quantitative estimate of drug-likeness (QED) is 0.438. The number of carbonyl (C=O) groups excluding carboxylic acids is 3. The van der Waals surface area contributed by atoms with Crippen LogP contribution in [0.2, 0.25) is 0 Å². The third-order valence-electron chi connectivity index (χ3n) is 7.34. The van der Waals surface area contributed by atoms with Crippen molar-refractivity contribution >= 4 is 28.6 Å². The summed E-state index contributed by atoms with van der Waals surface area (Å²) in [7, 11) is 1.57. The van der Waals surface area contributed by atoms with E-state index in [-0.39, 0.29) is 23.7 Å². The van der Waals surface area contributed by atoms with Gasteiger partial charge in [-0.3, -0.25) is 14.4 Å². The Balaban J connectivity index is 1.47. The van der Waals surface area contributed by atoms with Crippen LogP contribution in [-0.4, -0.2) is 48.4 Å². The van der Waals surface area contributed by atoms with Crippen molar-refractivity contribution in [3.63, 3.8) is 0 Å². The molecule has 4 N–H and O–H groups in total. The highest BCUT2D eigenvalue weighted by atomic mass is 16.5. The van der Waals surface area contributed by atoms with Gasteiger partial charge in [0.2, 0.25) is 11.8 Å². The molecule has 1 aliphatic carbocycles. The lowest BCUT2D eigenvalue weighted by atomic mass is 9.92. The molecule has 4 rings (SSSR count). The SMILES string of the molecule is COc1cccc2[nH]c(C(=O)NC(CC3CC3(C)C)C(=O)NC(C#N)CC3CCCNC3=O)cc12. The number of ether oxygens (including phenoxy) is 1. The molecule has 4 atom stereocenters. The number of hydrogen-bond donors (Lipinski definition) is 4. The number of nitrogens with one attached hydrogen (secondary N) is 4. The van der Waals surface area contributed by atoms with Gasteiger partial charge in [0.15, 0.2) is 0 Å². The second-order valence-electron chi connectivity index (χ2n) is 10.3. The molecule has 1 aromatic carbocycles. The number of nitriles is 1. The maximum absolute atomic E-state index is 13.2. The third kappa shape index (κ3) is 5.59. The van der Waals surface area contributed by atoms with Crippen molar-refractivity contribution in [1.82, 2.24) is 20.9 Å². The van der Waals surface area contributed by atoms with Crippen molar-refractivity contribution in [3.8, 4) is 11.8 Å². The highest BCUT2D eigenvalue weighted by Gasteiger charge is 2.47. The maximum Gasteiger partial charge on any atom is 0.268 e. The topological polar surface area (TPSA) is 136 Å². The van der Waals surface area contributed by atoms with Gasteiger partial charge in [0.1, 0.15) is 23.5 Å². The van der Waals surface area contributed by atoms with E-state index in [9.17, 15) is 19.6 Å². The molecule has 1 aliphatic heterocycles. The van der Waals surface area contributed by atoms with Crippen LogP contribution in [0.5, 0.6) is 5.75 Å². The predicted molar refractivity (Wildman–Crippen MR) is 131 cm³/mol. The number of aromatic nitrogens is 1. The highest BCUT2D eigenvalue weighted by Crippen LogP contribution is 2.54. The molecule has 9 heteroatoms. The Morgan fingerprint density at radius 2 is 2.06 bits per heavy atom. The van der Waals surface area contributed by atoms with Crippen molar-refractivity contribution in [3.05, 3.63) is 30.0 Å². The van der Waals surface area contributed by atoms with Crippen LogP contribution in [-0.2, 0) is 9.59 Å². The number of fused-ring (bicyclic) bond motifs is 1. The van der Waals surface area contributed by atoms with E-state index < -0.39 is 23.9 Å². The Bertz CT molecular complexity index is 1160. The second-order valence-corrected chi connectivity index (χ2v) is 10.3. The van der Waals surface area contributed by atoms with Gasteiger partial charge in [0.25, 0.3) is 5.91 Å². The molecular formula is C26H33N5O4. The molecule has 2 aromatic rings. The molecule has 0 spiro atoms. The van der Waals surface area contributed by atoms with Crippen LogP contribution in [0.1, 0.15) is 56.4 Å². The van der Waals surface area contributed by atoms with Crippen LogP contribution >= 0.6 is 0 Å². The van der Waals surface area contributed by atoms with E-state index in [4.69, 9.17) is 4.74 Å². The van der Waals surface area contributed by atoms with Crippen molar-refractivity contribution in [2.75, 3.05) is 13.7 Å². The zero-order valence-corrected chi connectivity index (χ0v) is 20.4. The molecule has 2 heterocycles. The summed E-state index contributed by atoms with van der Waals surface area (Å²) in [4.78, 5) is 41.6. The van der Waals surface area contributed by atoms with Gasteiger partial charge in [-0.2, -0.15) is 5.26 Å². The molecule has 0 radical (unpaired) electrons. The van der Waals surface area contributed by atoms with Gasteiger partial charge in [0, 0.05) is 23.4 Å². The van der Waals surface area contributed by atoms with Crippen LogP contribution in [0, 0.1) is 28.6 Å². The Kier molecular flexibility index (Phi) is 7.01. The molecule has 3 amide bonds. The van der Waals surface area contributed by atoms with Crippen LogP contribution in [0.15, 0.2) is 24.3 Å². The highest BCUT2D eigenvalue weighted by molar-refractivity contribution is 6.01. The van der Waals surface area contributed by atoms with Crippen LogP contribution < -0.4 is 20.7 Å². The average molecular weight is 480 g/mol. The van der Waals surface area contributed by atoms with Crippen molar-refractivity contribution < 1.29 is 19.1 Å². The number of H-pyrrole nitrogens is 1. The summed E-state index contributed by atoms with van der Waals surface area (Å²) in [6.07, 6.45) is 3.26. The third-order valence-corrected chi connectivity index (χ3v) is 7.34. The monoisotopic (exact) mass is 479 g/mol. The van der Waals surface area contributed by atoms with E-state index in [0.717, 1.165) is 23.7 Å². The second kappa shape index (κ2) is 9.98. The first kappa shape index (κ1) is 24.6. The van der Waals surface area contributed by atoms with Crippen molar-refractivity contribution in [2.24, 2.45) is 17.3 Å². The predicted octanol–water partition coefficient (Wildman–Crippen LogP) is 2.64. The van der Waals surface area contributed by atoms with E-state index in [1.165, 1.54) is 0 Å². The van der Waals surface area contributed by atoms with Gasteiger partial charge in [-0.25, -0.2) is 0 Å². The summed E-state index contributed by atoms with van der Waals surface area (Å²) in [5.41, 5.74) is 1.20. The summed E-state index contributed by atoms with van der Waals surface area (Å²) < 4.78 is 5.37. The van der Waals surface area contributed by atoms with Crippen LogP contribution in [0.4, 0.5) is 0 Å². The Hall–Kier alpha value is -3.54. The minimum atomic E-state index is -0.805. The molecular weight excluding hydrogens is 446 g/mol. The molecule has 9 nitrogen and oxygen atoms in total. The molecule has 4 unspecified atom stereocenters. The van der Waals surface area contributed by atoms with Gasteiger partial charge in [-0.1, -0.05) is 19.9 Å². The summed E-state index contributed by atoms with van der Waals surface area (Å²) in [6.45, 7) is 4.92. The number of nitrogens with zero attached hydrogens (tertiary/aromatic N) is 1. The Labute approximate surface area is 205 Å². The van der Waals surface area contributed by atoms with Gasteiger partial charge in [-0.05, 0) is 61.6 Å². The van der Waals surface area contributed by atoms with Gasteiger partial charge < -0.3 is 25.7 Å². The fraction of sp³-hybridized carbons (Fsp3) is 0.538. The molecule has 1 saturated heterocycles. The fourth-order valence-corrected chi connectivity index (χ4v) is 4.92. The molecule has 1 aromatic heterocycles. The Morgan fingerprint density at radius 3 is 2.71 bits per heavy atom. The normalized spacial score (nSPS) is 22.4. The lowest BCUT2D eigenvalue weighted by Crippen LogP contribution is -2.50. The van der Waals surface area contributed by atoms with Gasteiger partial charge in [-0.15, -0.1) is 0 Å². The first-order valence-electron chi connectivity index (χ1n) is 12.2. The summed E-state index contributed by atoms with van der Waals surface area (Å²) in [6, 6.07) is 7.72. The largest absolute Gasteiger partial charge is 0.496 e. The molecule has 35 heavy (non-hydrogen) atoms. The molecule has 2 fully saturated rings. The minimum Gasteiger partial charge on any atom is -0.496 e. The number of hydrogen-bond acceptors (Lipinski definition) is 5. The standard InChI is InChI=1S/C26H33N5O4/c1-26(2)13-16(26)11-20(24(33)29-17(14-27)10-15-6-5-9-28-23(15)32)31-25(34)21-12-18-19(30-21)7-4-8-22(18)35-3/h4,7-8,12,15-17,20,30H,5-6,9-11,13H2,1-3H3,(H,28,32)(H,29,33)(H,31,34). The zero-order chi connectivity index (χ0) is 25.2. The zero-order valence-electron chi connectivity index (χ0n) is 20.4. The van der Waals surface area contributed by atoms with E-state index in [1.54, 1.807) is 13.2 Å². The Morgan fingerprint density at radius 1 is 1.29 bits per heavy atom. The number of aromatic amines is 1. The van der Waals surface area contributed by atoms with E-state index in [1.807, 2.05) is 18.2 Å². The van der Waals surface area contributed by atoms with Gasteiger partial charge >= 0.3 is 0 Å². The van der Waals surface area contributed by atoms with E-state index >= 15 is 0 Å². The number of methoxy groups -OCH3 is 1. The van der Waals surface area contributed by atoms with Crippen LogP contribution in [0.3, 0.4) is 0 Å². The van der Waals surface area contributed by atoms with E-state index in [2.05, 4.69) is 40.9 Å². The number of amides is 3. The number of rotatable bonds is 9. The maximum atomic E-state index is 13.2. The molecule has 2 aliphatic rings. The average Bonchev–Trinajstić information content (AvgIpc) is 3.22. The lowest BCUT2D eigenvalue weighted by molar-refractivity contribution is -0.128. The summed E-state index contributed by atoms with van der Waals surface area (Å²) in [5.74, 6) is -0.240. The number of piperidine rings is 1. The van der Waals surface area contributed by atoms with E-state index in [0.29, 0.717) is 36.7 Å². The lowest BCUT2D eigenvalue weighted by Gasteiger charge is -2.25. The molecule has 1 saturated carbocycles.